The summed E-state index contributed by atoms with van der Waals surface area (Å²) < 4.78 is 35.9. The van der Waals surface area contributed by atoms with Gasteiger partial charge in [0.1, 0.15) is 0 Å². The van der Waals surface area contributed by atoms with Crippen LogP contribution in [0.25, 0.3) is 0 Å². The van der Waals surface area contributed by atoms with Crippen molar-refractivity contribution in [3.63, 3.8) is 0 Å². The molecule has 14 heavy (non-hydrogen) atoms. The molecule has 0 aliphatic carbocycles. The summed E-state index contributed by atoms with van der Waals surface area (Å²) in [7, 11) is 1.48. The second-order valence-electron chi connectivity index (χ2n) is 2.99. The van der Waals surface area contributed by atoms with E-state index in [1.54, 1.807) is 0 Å². The molecule has 0 bridgehead atoms. The predicted molar refractivity (Wildman–Crippen MR) is 49.7 cm³/mol. The van der Waals surface area contributed by atoms with Crippen LogP contribution < -0.4 is 51.4 Å². The molecule has 0 amide bonds. The van der Waals surface area contributed by atoms with Gasteiger partial charge >= 0.3 is 58.4 Å². The molecular formula is C7H10BF3KNS. The average molecular weight is 247 g/mol. The molecule has 0 unspecified atom stereocenters. The first-order valence-electron chi connectivity index (χ1n) is 3.89. The smallest absolute Gasteiger partial charge is 0.448 e. The average Bonchev–Trinajstić information content (AvgIpc) is 2.34. The van der Waals surface area contributed by atoms with Crippen LogP contribution in [0.4, 0.5) is 12.9 Å². The summed E-state index contributed by atoms with van der Waals surface area (Å²) in [5.74, 6) is 0. The maximum Gasteiger partial charge on any atom is 1.00 e. The Balaban J connectivity index is 0.00000169. The number of nitrogens with zero attached hydrogens (tertiary/aromatic N) is 1. The molecule has 0 N–H and O–H groups in total. The van der Waals surface area contributed by atoms with Crippen molar-refractivity contribution in [3.05, 3.63) is 22.4 Å². The van der Waals surface area contributed by atoms with Gasteiger partial charge in [-0.3, -0.25) is 0 Å². The number of hydrogen-bond acceptors (Lipinski definition) is 2. The van der Waals surface area contributed by atoms with Gasteiger partial charge in [-0.25, -0.2) is 0 Å². The van der Waals surface area contributed by atoms with Gasteiger partial charge in [-0.1, -0.05) is 6.07 Å². The van der Waals surface area contributed by atoms with Crippen LogP contribution in [0.1, 0.15) is 4.88 Å². The molecule has 0 spiro atoms. The van der Waals surface area contributed by atoms with Crippen LogP contribution in [0.2, 0.25) is 0 Å². The molecule has 74 valence electrons. The third-order valence-corrected chi connectivity index (χ3v) is 2.39. The minimum Gasteiger partial charge on any atom is -0.448 e. The zero-order valence-corrected chi connectivity index (χ0v) is 12.2. The Kier molecular flexibility index (Phi) is 7.22. The van der Waals surface area contributed by atoms with Crippen LogP contribution in [-0.2, 0) is 6.54 Å². The minimum absolute atomic E-state index is 0. The molecule has 1 aromatic heterocycles. The number of hydrogen-bond donors (Lipinski definition) is 0. The van der Waals surface area contributed by atoms with Gasteiger partial charge in [-0.05, 0) is 24.9 Å². The fourth-order valence-electron chi connectivity index (χ4n) is 1.09. The zero-order valence-electron chi connectivity index (χ0n) is 8.21. The quantitative estimate of drug-likeness (QED) is 0.653. The van der Waals surface area contributed by atoms with Crippen LogP contribution in [-0.4, -0.2) is 25.4 Å². The van der Waals surface area contributed by atoms with E-state index in [1.807, 2.05) is 17.5 Å². The van der Waals surface area contributed by atoms with Gasteiger partial charge in [-0.15, -0.1) is 11.3 Å². The van der Waals surface area contributed by atoms with Crippen LogP contribution >= 0.6 is 11.3 Å². The largest absolute Gasteiger partial charge is 1.00 e. The van der Waals surface area contributed by atoms with Crippen LogP contribution in [0.3, 0.4) is 0 Å². The SMILES string of the molecule is CN(Cc1cccs1)C[B-](F)(F)F.[K+]. The summed E-state index contributed by atoms with van der Waals surface area (Å²) in [6, 6.07) is 3.68. The fourth-order valence-corrected chi connectivity index (χ4v) is 1.87. The number of rotatable bonds is 4. The molecule has 0 saturated carbocycles. The Labute approximate surface area is 128 Å². The van der Waals surface area contributed by atoms with Crippen molar-refractivity contribution in [1.29, 1.82) is 0 Å². The van der Waals surface area contributed by atoms with Crippen LogP contribution in [0.15, 0.2) is 17.5 Å². The molecule has 0 fully saturated rings. The summed E-state index contributed by atoms with van der Waals surface area (Å²) in [6.45, 7) is -4.32. The predicted octanol–water partition coefficient (Wildman–Crippen LogP) is -0.429. The van der Waals surface area contributed by atoms with Crippen molar-refractivity contribution in [2.75, 3.05) is 13.5 Å². The minimum atomic E-state index is -4.70. The Morgan fingerprint density at radius 3 is 2.50 bits per heavy atom. The molecule has 1 heterocycles. The number of thiophene rings is 1. The van der Waals surface area contributed by atoms with Crippen molar-refractivity contribution in [2.24, 2.45) is 0 Å². The molecule has 0 atom stereocenters. The maximum atomic E-state index is 12.0. The Hall–Kier alpha value is 1.15. The summed E-state index contributed by atoms with van der Waals surface area (Å²) in [5.41, 5.74) is 0. The Bertz CT molecular complexity index is 252. The molecule has 1 rings (SSSR count). The van der Waals surface area contributed by atoms with E-state index in [9.17, 15) is 12.9 Å². The molecule has 0 aliphatic rings. The van der Waals surface area contributed by atoms with Crippen molar-refractivity contribution in [2.45, 2.75) is 6.54 Å². The standard InChI is InChI=1S/C7H10BF3NS.K/c1-12(6-8(9,10)11)5-7-3-2-4-13-7;/h2-4H,5-6H2,1H3;/q-1;+1. The first-order chi connectivity index (χ1) is 5.97. The zero-order chi connectivity index (χ0) is 9.90. The van der Waals surface area contributed by atoms with Gasteiger partial charge in [0.15, 0.2) is 0 Å². The Morgan fingerprint density at radius 1 is 1.43 bits per heavy atom. The van der Waals surface area contributed by atoms with Crippen molar-refractivity contribution in [3.8, 4) is 0 Å². The van der Waals surface area contributed by atoms with E-state index in [-0.39, 0.29) is 51.4 Å². The van der Waals surface area contributed by atoms with Gasteiger partial charge in [0, 0.05) is 11.4 Å². The van der Waals surface area contributed by atoms with Gasteiger partial charge in [0.2, 0.25) is 0 Å². The van der Waals surface area contributed by atoms with E-state index < -0.39 is 13.4 Å². The first-order valence-corrected chi connectivity index (χ1v) is 4.77. The van der Waals surface area contributed by atoms with Gasteiger partial charge in [-0.2, -0.15) is 0 Å². The van der Waals surface area contributed by atoms with Crippen molar-refractivity contribution < 1.29 is 64.3 Å². The van der Waals surface area contributed by atoms with E-state index in [0.717, 1.165) is 4.88 Å². The molecule has 0 aromatic carbocycles. The maximum absolute atomic E-state index is 12.0. The Morgan fingerprint density at radius 2 is 2.07 bits per heavy atom. The van der Waals surface area contributed by atoms with E-state index in [4.69, 9.17) is 0 Å². The second-order valence-corrected chi connectivity index (χ2v) is 4.02. The monoisotopic (exact) mass is 247 g/mol. The molecule has 0 aliphatic heterocycles. The third-order valence-electron chi connectivity index (χ3n) is 1.52. The van der Waals surface area contributed by atoms with Gasteiger partial charge in [0.25, 0.3) is 0 Å². The third kappa shape index (κ3) is 6.60. The first kappa shape index (κ1) is 15.2. The van der Waals surface area contributed by atoms with Crippen molar-refractivity contribution in [1.82, 2.24) is 4.90 Å². The molecule has 7 heteroatoms. The summed E-state index contributed by atoms with van der Waals surface area (Å²) >= 11 is 1.48. The number of halogens is 3. The molecule has 0 saturated heterocycles. The topological polar surface area (TPSA) is 3.24 Å². The second kappa shape index (κ2) is 6.67. The van der Waals surface area contributed by atoms with E-state index in [0.29, 0.717) is 6.54 Å². The van der Waals surface area contributed by atoms with Crippen molar-refractivity contribution >= 4 is 18.3 Å². The fraction of sp³-hybridized carbons (Fsp3) is 0.429. The molecular weight excluding hydrogens is 237 g/mol. The molecule has 0 radical (unpaired) electrons. The van der Waals surface area contributed by atoms with Gasteiger partial charge < -0.3 is 17.8 Å². The normalized spacial score (nSPS) is 11.5. The van der Waals surface area contributed by atoms with E-state index in [2.05, 4.69) is 0 Å². The molecule has 1 nitrogen and oxygen atoms in total. The van der Waals surface area contributed by atoms with Gasteiger partial charge in [0.05, 0.1) is 0 Å². The summed E-state index contributed by atoms with van der Waals surface area (Å²) in [4.78, 5) is 2.24. The van der Waals surface area contributed by atoms with Crippen LogP contribution in [0, 0.1) is 0 Å². The van der Waals surface area contributed by atoms with E-state index in [1.165, 1.54) is 23.3 Å². The molecule has 1 aromatic rings. The van der Waals surface area contributed by atoms with Crippen LogP contribution in [0.5, 0.6) is 0 Å². The summed E-state index contributed by atoms with van der Waals surface area (Å²) in [5, 5.41) is 1.86. The summed E-state index contributed by atoms with van der Waals surface area (Å²) in [6.07, 6.45) is -0.794. The van der Waals surface area contributed by atoms with E-state index >= 15 is 0 Å².